The van der Waals surface area contributed by atoms with Crippen molar-refractivity contribution >= 4 is 17.1 Å². The zero-order valence-corrected chi connectivity index (χ0v) is 25.8. The fraction of sp³-hybridized carbons (Fsp3) is 0.343. The van der Waals surface area contributed by atoms with Gasteiger partial charge >= 0.3 is 0 Å². The van der Waals surface area contributed by atoms with E-state index < -0.39 is 24.5 Å². The lowest BCUT2D eigenvalue weighted by atomic mass is 10.1. The van der Waals surface area contributed by atoms with Gasteiger partial charge in [0, 0.05) is 6.54 Å². The van der Waals surface area contributed by atoms with Crippen LogP contribution >= 0.6 is 0 Å². The fourth-order valence-corrected chi connectivity index (χ4v) is 5.09. The minimum atomic E-state index is -0.615. The molecule has 0 bridgehead atoms. The molecule has 0 radical (unpaired) electrons. The predicted octanol–water partition coefficient (Wildman–Crippen LogP) is 6.69. The quantitative estimate of drug-likeness (QED) is 0.181. The Hall–Kier alpha value is -4.63. The molecule has 0 spiro atoms. The SMILES string of the molecule is Cc1ccc(OC[C@H]2O[C@@H](n3cnc4cnc(NCC(C)C)nc43)[C@H](Oc3ccc(C)cc3)[C@@H]2Oc2ccc(C)cc2)cc1. The molecule has 0 unspecified atom stereocenters. The average Bonchev–Trinajstić information content (AvgIpc) is 3.58. The Morgan fingerprint density at radius 2 is 1.34 bits per heavy atom. The summed E-state index contributed by atoms with van der Waals surface area (Å²) < 4.78 is 28.3. The number of aromatic nitrogens is 4. The first kappa shape index (κ1) is 29.4. The molecule has 6 rings (SSSR count). The van der Waals surface area contributed by atoms with Gasteiger partial charge in [-0.15, -0.1) is 0 Å². The summed E-state index contributed by atoms with van der Waals surface area (Å²) in [4.78, 5) is 13.9. The Kier molecular flexibility index (Phi) is 8.65. The van der Waals surface area contributed by atoms with Crippen molar-refractivity contribution in [2.75, 3.05) is 18.5 Å². The number of nitrogens with one attached hydrogen (secondary N) is 1. The predicted molar refractivity (Wildman–Crippen MR) is 170 cm³/mol. The Balaban J connectivity index is 1.38. The fourth-order valence-electron chi connectivity index (χ4n) is 5.09. The molecule has 1 aliphatic rings. The monoisotopic (exact) mass is 593 g/mol. The highest BCUT2D eigenvalue weighted by atomic mass is 16.6. The van der Waals surface area contributed by atoms with E-state index in [1.54, 1.807) is 12.5 Å². The van der Waals surface area contributed by atoms with Crippen molar-refractivity contribution in [3.05, 3.63) is 102 Å². The lowest BCUT2D eigenvalue weighted by Crippen LogP contribution is -2.42. The van der Waals surface area contributed by atoms with Crippen LogP contribution in [0.5, 0.6) is 17.2 Å². The maximum atomic E-state index is 6.78. The molecule has 3 aromatic carbocycles. The molecule has 0 amide bonds. The minimum absolute atomic E-state index is 0.257. The normalized spacial score (nSPS) is 19.8. The zero-order chi connectivity index (χ0) is 30.6. The first-order chi connectivity index (χ1) is 21.3. The van der Waals surface area contributed by atoms with Gasteiger partial charge in [0.2, 0.25) is 5.95 Å². The maximum Gasteiger partial charge on any atom is 0.224 e. The zero-order valence-electron chi connectivity index (χ0n) is 25.8. The van der Waals surface area contributed by atoms with Gasteiger partial charge in [-0.25, -0.2) is 9.97 Å². The summed E-state index contributed by atoms with van der Waals surface area (Å²) in [5, 5.41) is 3.32. The molecule has 0 aliphatic carbocycles. The Morgan fingerprint density at radius 1 is 0.773 bits per heavy atom. The second-order valence-corrected chi connectivity index (χ2v) is 11.8. The van der Waals surface area contributed by atoms with Crippen LogP contribution in [-0.4, -0.2) is 51.0 Å². The number of nitrogens with zero attached hydrogens (tertiary/aromatic N) is 4. The molecule has 1 fully saturated rings. The summed E-state index contributed by atoms with van der Waals surface area (Å²) in [6.45, 7) is 11.4. The third-order valence-electron chi connectivity index (χ3n) is 7.57. The van der Waals surface area contributed by atoms with Crippen LogP contribution in [0.1, 0.15) is 36.8 Å². The van der Waals surface area contributed by atoms with Gasteiger partial charge in [-0.3, -0.25) is 4.57 Å². The van der Waals surface area contributed by atoms with Crippen LogP contribution in [0.2, 0.25) is 0 Å². The number of hydrogen-bond donors (Lipinski definition) is 1. The van der Waals surface area contributed by atoms with Gasteiger partial charge in [-0.05, 0) is 63.1 Å². The number of rotatable bonds is 11. The van der Waals surface area contributed by atoms with E-state index >= 15 is 0 Å². The van der Waals surface area contributed by atoms with Crippen LogP contribution in [-0.2, 0) is 4.74 Å². The van der Waals surface area contributed by atoms with Crippen molar-refractivity contribution in [3.63, 3.8) is 0 Å². The highest BCUT2D eigenvalue weighted by Crippen LogP contribution is 2.37. The van der Waals surface area contributed by atoms with Crippen LogP contribution in [0.25, 0.3) is 11.2 Å². The average molecular weight is 594 g/mol. The van der Waals surface area contributed by atoms with Gasteiger partial charge in [-0.1, -0.05) is 66.9 Å². The molecule has 228 valence electrons. The first-order valence-corrected chi connectivity index (χ1v) is 15.1. The van der Waals surface area contributed by atoms with Crippen molar-refractivity contribution in [2.24, 2.45) is 5.92 Å². The second kappa shape index (κ2) is 12.9. The van der Waals surface area contributed by atoms with Crippen molar-refractivity contribution in [1.82, 2.24) is 19.5 Å². The molecule has 44 heavy (non-hydrogen) atoms. The summed E-state index contributed by atoms with van der Waals surface area (Å²) in [6.07, 6.45) is 1.28. The molecule has 3 heterocycles. The molecule has 1 N–H and O–H groups in total. The molecule has 0 saturated carbocycles. The molecular weight excluding hydrogens is 554 g/mol. The highest BCUT2D eigenvalue weighted by Gasteiger charge is 2.50. The van der Waals surface area contributed by atoms with Crippen LogP contribution < -0.4 is 19.5 Å². The van der Waals surface area contributed by atoms with Gasteiger partial charge in [-0.2, -0.15) is 4.98 Å². The van der Waals surface area contributed by atoms with Crippen molar-refractivity contribution in [3.8, 4) is 17.2 Å². The summed E-state index contributed by atoms with van der Waals surface area (Å²) in [7, 11) is 0. The third kappa shape index (κ3) is 6.78. The van der Waals surface area contributed by atoms with E-state index in [1.807, 2.05) is 77.4 Å². The maximum absolute atomic E-state index is 6.78. The van der Waals surface area contributed by atoms with Gasteiger partial charge < -0.3 is 24.3 Å². The Bertz CT molecular complexity index is 1670. The minimum Gasteiger partial charge on any atom is -0.491 e. The largest absolute Gasteiger partial charge is 0.491 e. The first-order valence-electron chi connectivity index (χ1n) is 15.1. The molecule has 1 aliphatic heterocycles. The van der Waals surface area contributed by atoms with Crippen molar-refractivity contribution in [2.45, 2.75) is 59.2 Å². The number of hydrogen-bond acceptors (Lipinski definition) is 8. The van der Waals surface area contributed by atoms with Gasteiger partial charge in [0.25, 0.3) is 0 Å². The molecule has 1 saturated heterocycles. The lowest BCUT2D eigenvalue weighted by Gasteiger charge is -2.26. The van der Waals surface area contributed by atoms with E-state index in [2.05, 4.69) is 49.9 Å². The van der Waals surface area contributed by atoms with E-state index in [0.717, 1.165) is 34.7 Å². The van der Waals surface area contributed by atoms with E-state index in [9.17, 15) is 0 Å². The third-order valence-corrected chi connectivity index (χ3v) is 7.57. The number of fused-ring (bicyclic) bond motifs is 1. The van der Waals surface area contributed by atoms with Gasteiger partial charge in [0.1, 0.15) is 35.5 Å². The molecule has 4 atom stereocenters. The van der Waals surface area contributed by atoms with Crippen LogP contribution in [0.15, 0.2) is 85.3 Å². The number of anilines is 1. The van der Waals surface area contributed by atoms with Crippen LogP contribution in [0, 0.1) is 26.7 Å². The van der Waals surface area contributed by atoms with Crippen molar-refractivity contribution in [1.29, 1.82) is 0 Å². The molecule has 5 aromatic rings. The Labute approximate surface area is 258 Å². The summed E-state index contributed by atoms with van der Waals surface area (Å²) in [5.41, 5.74) is 4.76. The number of aryl methyl sites for hydroxylation is 3. The molecular formula is C35H39N5O4. The second-order valence-electron chi connectivity index (χ2n) is 11.8. The summed E-state index contributed by atoms with van der Waals surface area (Å²) in [6, 6.07) is 24.0. The Morgan fingerprint density at radius 3 is 1.93 bits per heavy atom. The van der Waals surface area contributed by atoms with E-state index in [1.165, 1.54) is 0 Å². The molecule has 9 nitrogen and oxygen atoms in total. The smallest absolute Gasteiger partial charge is 0.224 e. The van der Waals surface area contributed by atoms with E-state index in [-0.39, 0.29) is 6.61 Å². The summed E-state index contributed by atoms with van der Waals surface area (Å²) in [5.74, 6) is 3.17. The van der Waals surface area contributed by atoms with Crippen LogP contribution in [0.4, 0.5) is 5.95 Å². The van der Waals surface area contributed by atoms with Crippen LogP contribution in [0.3, 0.4) is 0 Å². The topological polar surface area (TPSA) is 92.6 Å². The lowest BCUT2D eigenvalue weighted by molar-refractivity contribution is -0.0434. The van der Waals surface area contributed by atoms with E-state index in [4.69, 9.17) is 23.9 Å². The number of benzene rings is 3. The van der Waals surface area contributed by atoms with E-state index in [0.29, 0.717) is 28.8 Å². The van der Waals surface area contributed by atoms with Crippen molar-refractivity contribution < 1.29 is 18.9 Å². The number of imidazole rings is 1. The van der Waals surface area contributed by atoms with Gasteiger partial charge in [0.05, 0.1) is 12.5 Å². The van der Waals surface area contributed by atoms with Gasteiger partial charge in [0.15, 0.2) is 24.1 Å². The molecule has 2 aromatic heterocycles. The molecule has 9 heteroatoms. The standard InChI is InChI=1S/C35H39N5O4/c1-22(2)18-36-35-37-19-29-33(39-35)40(21-38-29)34-32(43-28-16-10-25(5)11-17-28)31(42-27-14-8-24(4)9-15-27)30(44-34)20-41-26-12-6-23(3)7-13-26/h6-17,19,21-22,30-32,34H,18,20H2,1-5H3,(H,36,37,39)/t30-,31-,32-,34-/m1/s1. The summed E-state index contributed by atoms with van der Waals surface area (Å²) >= 11 is 0. The number of ether oxygens (including phenoxy) is 4. The highest BCUT2D eigenvalue weighted by molar-refractivity contribution is 5.71.